The number of nitrogens with zero attached hydrogens (tertiary/aromatic N) is 3. The van der Waals surface area contributed by atoms with Crippen LogP contribution in [0.4, 0.5) is 5.69 Å². The molecule has 162 valence electrons. The Morgan fingerprint density at radius 3 is 2.55 bits per heavy atom. The summed E-state index contributed by atoms with van der Waals surface area (Å²) in [5.74, 6) is 0.150. The van der Waals surface area contributed by atoms with Gasteiger partial charge in [0.2, 0.25) is 5.91 Å². The number of piperidine rings is 1. The Morgan fingerprint density at radius 2 is 1.77 bits per heavy atom. The first-order valence-corrected chi connectivity index (χ1v) is 11.1. The van der Waals surface area contributed by atoms with E-state index in [1.54, 1.807) is 0 Å². The van der Waals surface area contributed by atoms with Crippen LogP contribution in [0.2, 0.25) is 0 Å². The largest absolute Gasteiger partial charge is 0.339 e. The lowest BCUT2D eigenvalue weighted by molar-refractivity contribution is -0.125. The predicted octanol–water partition coefficient (Wildman–Crippen LogP) is 2.46. The van der Waals surface area contributed by atoms with E-state index in [4.69, 9.17) is 0 Å². The first-order valence-electron chi connectivity index (χ1n) is 11.1. The van der Waals surface area contributed by atoms with Gasteiger partial charge < -0.3 is 20.1 Å². The third-order valence-electron chi connectivity index (χ3n) is 6.87. The van der Waals surface area contributed by atoms with Gasteiger partial charge in [0.25, 0.3) is 0 Å². The first-order chi connectivity index (χ1) is 15.1. The minimum absolute atomic E-state index is 0.0423. The van der Waals surface area contributed by atoms with Crippen molar-refractivity contribution in [1.29, 1.82) is 0 Å². The van der Waals surface area contributed by atoms with Crippen LogP contribution >= 0.6 is 0 Å². The summed E-state index contributed by atoms with van der Waals surface area (Å²) in [6.07, 6.45) is 2.54. The van der Waals surface area contributed by atoms with Crippen molar-refractivity contribution >= 4 is 22.6 Å². The third kappa shape index (κ3) is 3.53. The van der Waals surface area contributed by atoms with Gasteiger partial charge >= 0.3 is 5.69 Å². The number of hydrogen-bond acceptors (Lipinski definition) is 4. The van der Waals surface area contributed by atoms with Gasteiger partial charge in [-0.2, -0.15) is 0 Å². The van der Waals surface area contributed by atoms with E-state index in [0.717, 1.165) is 61.2 Å². The Bertz CT molecular complexity index is 1140. The monoisotopic (exact) mass is 419 g/mol. The molecule has 1 amide bonds. The fraction of sp³-hybridized carbons (Fsp3) is 0.417. The van der Waals surface area contributed by atoms with Crippen LogP contribution < -0.4 is 15.9 Å². The fourth-order valence-electron chi connectivity index (χ4n) is 5.13. The van der Waals surface area contributed by atoms with Crippen molar-refractivity contribution in [2.24, 2.45) is 0 Å². The SMILES string of the molecule is Cc1ccc2c(c1)[nH]c(=O)n2CCCN1CCC2(CC1)C(=O)NCN2c1ccccc1. The number of fused-ring (bicyclic) bond motifs is 1. The Labute approximate surface area is 181 Å². The number of H-pyrrole nitrogens is 1. The van der Waals surface area contributed by atoms with E-state index in [1.165, 1.54) is 0 Å². The van der Waals surface area contributed by atoms with E-state index < -0.39 is 5.54 Å². The number of hydrogen-bond donors (Lipinski definition) is 2. The molecule has 2 aromatic carbocycles. The molecular formula is C24H29N5O2. The van der Waals surface area contributed by atoms with Crippen molar-refractivity contribution in [3.63, 3.8) is 0 Å². The van der Waals surface area contributed by atoms with E-state index >= 15 is 0 Å². The molecule has 3 aromatic rings. The molecule has 7 heteroatoms. The highest BCUT2D eigenvalue weighted by Gasteiger charge is 2.50. The number of likely N-dealkylation sites (tertiary alicyclic amines) is 1. The summed E-state index contributed by atoms with van der Waals surface area (Å²) in [7, 11) is 0. The molecule has 2 aliphatic heterocycles. The topological polar surface area (TPSA) is 73.4 Å². The second kappa shape index (κ2) is 7.89. The second-order valence-electron chi connectivity index (χ2n) is 8.76. The number of rotatable bonds is 5. The van der Waals surface area contributed by atoms with Crippen LogP contribution in [0.3, 0.4) is 0 Å². The van der Waals surface area contributed by atoms with Gasteiger partial charge in [-0.3, -0.25) is 9.36 Å². The number of amides is 1. The van der Waals surface area contributed by atoms with E-state index in [0.29, 0.717) is 13.2 Å². The van der Waals surface area contributed by atoms with Crippen LogP contribution in [0, 0.1) is 6.92 Å². The summed E-state index contributed by atoms with van der Waals surface area (Å²) in [5.41, 5.74) is 3.63. The van der Waals surface area contributed by atoms with Gasteiger partial charge in [0.15, 0.2) is 0 Å². The molecule has 2 fully saturated rings. The predicted molar refractivity (Wildman–Crippen MR) is 122 cm³/mol. The lowest BCUT2D eigenvalue weighted by Gasteiger charge is -2.43. The molecule has 0 atom stereocenters. The number of nitrogens with one attached hydrogen (secondary N) is 2. The molecule has 0 unspecified atom stereocenters. The van der Waals surface area contributed by atoms with Gasteiger partial charge in [0.05, 0.1) is 17.7 Å². The molecular weight excluding hydrogens is 390 g/mol. The summed E-state index contributed by atoms with van der Waals surface area (Å²) in [6.45, 7) is 6.00. The molecule has 2 N–H and O–H groups in total. The van der Waals surface area contributed by atoms with Crippen LogP contribution in [0.25, 0.3) is 11.0 Å². The van der Waals surface area contributed by atoms with Gasteiger partial charge in [-0.15, -0.1) is 0 Å². The van der Waals surface area contributed by atoms with Gasteiger partial charge in [0.1, 0.15) is 5.54 Å². The maximum absolute atomic E-state index is 12.8. The van der Waals surface area contributed by atoms with E-state index in [-0.39, 0.29) is 11.6 Å². The summed E-state index contributed by atoms with van der Waals surface area (Å²) < 4.78 is 1.84. The molecule has 31 heavy (non-hydrogen) atoms. The van der Waals surface area contributed by atoms with Gasteiger partial charge in [0, 0.05) is 25.3 Å². The van der Waals surface area contributed by atoms with Crippen molar-refractivity contribution in [3.05, 3.63) is 64.6 Å². The standard InChI is InChI=1S/C24H29N5O2/c1-18-8-9-21-20(16-18)26-23(31)28(21)13-5-12-27-14-10-24(11-15-27)22(30)25-17-29(24)19-6-3-2-4-7-19/h2-4,6-9,16H,5,10-15,17H2,1H3,(H,25,30)(H,26,31). The Morgan fingerprint density at radius 1 is 1.00 bits per heavy atom. The zero-order valence-corrected chi connectivity index (χ0v) is 17.9. The van der Waals surface area contributed by atoms with E-state index in [9.17, 15) is 9.59 Å². The molecule has 1 spiro atoms. The molecule has 0 aliphatic carbocycles. The van der Waals surface area contributed by atoms with Crippen molar-refractivity contribution in [2.45, 2.75) is 38.3 Å². The summed E-state index contributed by atoms with van der Waals surface area (Å²) in [6, 6.07) is 16.3. The number of aryl methyl sites for hydroxylation is 2. The van der Waals surface area contributed by atoms with Crippen LogP contribution in [0.1, 0.15) is 24.8 Å². The lowest BCUT2D eigenvalue weighted by Crippen LogP contribution is -2.56. The Hall–Kier alpha value is -3.06. The Kier molecular flexibility index (Phi) is 5.06. The third-order valence-corrected chi connectivity index (χ3v) is 6.87. The van der Waals surface area contributed by atoms with Gasteiger partial charge in [-0.25, -0.2) is 4.79 Å². The number of aromatic amines is 1. The van der Waals surface area contributed by atoms with Crippen LogP contribution in [-0.4, -0.2) is 52.2 Å². The van der Waals surface area contributed by atoms with E-state index in [1.807, 2.05) is 47.9 Å². The second-order valence-corrected chi connectivity index (χ2v) is 8.76. The van der Waals surface area contributed by atoms with Crippen molar-refractivity contribution in [3.8, 4) is 0 Å². The molecule has 2 saturated heterocycles. The number of carbonyl (C=O) groups is 1. The molecule has 0 radical (unpaired) electrons. The smallest absolute Gasteiger partial charge is 0.326 e. The lowest BCUT2D eigenvalue weighted by atomic mass is 9.85. The zero-order chi connectivity index (χ0) is 21.4. The number of carbonyl (C=O) groups excluding carboxylic acids is 1. The fourth-order valence-corrected chi connectivity index (χ4v) is 5.13. The summed E-state index contributed by atoms with van der Waals surface area (Å²) in [4.78, 5) is 32.8. The zero-order valence-electron chi connectivity index (χ0n) is 17.9. The van der Waals surface area contributed by atoms with Gasteiger partial charge in [-0.05, 0) is 62.6 Å². The molecule has 0 bridgehead atoms. The Balaban J connectivity index is 1.21. The van der Waals surface area contributed by atoms with Gasteiger partial charge in [-0.1, -0.05) is 24.3 Å². The molecule has 2 aliphatic rings. The minimum atomic E-state index is -0.441. The molecule has 0 saturated carbocycles. The van der Waals surface area contributed by atoms with Crippen LogP contribution in [0.15, 0.2) is 53.3 Å². The van der Waals surface area contributed by atoms with Crippen molar-refractivity contribution in [2.75, 3.05) is 31.2 Å². The molecule has 7 nitrogen and oxygen atoms in total. The summed E-state index contributed by atoms with van der Waals surface area (Å²) >= 11 is 0. The first kappa shape index (κ1) is 19.9. The highest BCUT2D eigenvalue weighted by molar-refractivity contribution is 5.93. The minimum Gasteiger partial charge on any atom is -0.339 e. The number of anilines is 1. The van der Waals surface area contributed by atoms with E-state index in [2.05, 4.69) is 32.2 Å². The van der Waals surface area contributed by atoms with Crippen LogP contribution in [0.5, 0.6) is 0 Å². The summed E-state index contributed by atoms with van der Waals surface area (Å²) in [5, 5.41) is 3.06. The number of benzene rings is 2. The average Bonchev–Trinajstić information content (AvgIpc) is 3.26. The number of para-hydroxylation sites is 1. The van der Waals surface area contributed by atoms with Crippen molar-refractivity contribution < 1.29 is 4.79 Å². The molecule has 1 aromatic heterocycles. The van der Waals surface area contributed by atoms with Crippen molar-refractivity contribution in [1.82, 2.24) is 19.8 Å². The average molecular weight is 420 g/mol. The molecule has 3 heterocycles. The quantitative estimate of drug-likeness (QED) is 0.666. The number of imidazole rings is 1. The normalized spacial score (nSPS) is 18.7. The maximum Gasteiger partial charge on any atom is 0.326 e. The highest BCUT2D eigenvalue weighted by atomic mass is 16.2. The number of aromatic nitrogens is 2. The maximum atomic E-state index is 12.8. The molecule has 5 rings (SSSR count). The van der Waals surface area contributed by atoms with Crippen LogP contribution in [-0.2, 0) is 11.3 Å². The highest BCUT2D eigenvalue weighted by Crippen LogP contribution is 2.36.